The molecular weight excluding hydrogens is 236 g/mol. The van der Waals surface area contributed by atoms with E-state index in [0.717, 1.165) is 10.2 Å². The minimum Gasteiger partial charge on any atom is -0.504 e. The highest BCUT2D eigenvalue weighted by molar-refractivity contribution is 5.40. The Kier molecular flexibility index (Phi) is 2.94. The van der Waals surface area contributed by atoms with Gasteiger partial charge in [-0.15, -0.1) is 10.2 Å². The molecule has 0 amide bonds. The van der Waals surface area contributed by atoms with Crippen molar-refractivity contribution >= 4 is 5.95 Å². The van der Waals surface area contributed by atoms with Gasteiger partial charge in [0, 0.05) is 0 Å². The monoisotopic (exact) mass is 250 g/mol. The van der Waals surface area contributed by atoms with Crippen LogP contribution in [0.5, 0.6) is 11.5 Å². The van der Waals surface area contributed by atoms with Crippen LogP contribution in [0.4, 0.5) is 5.95 Å². The van der Waals surface area contributed by atoms with Gasteiger partial charge in [0.2, 0.25) is 5.95 Å². The Morgan fingerprint density at radius 2 is 1.94 bits per heavy atom. The van der Waals surface area contributed by atoms with Crippen molar-refractivity contribution < 1.29 is 10.2 Å². The molecule has 1 heterocycles. The molecule has 2 rings (SSSR count). The zero-order chi connectivity index (χ0) is 13.3. The Morgan fingerprint density at radius 3 is 2.50 bits per heavy atom. The second kappa shape index (κ2) is 4.41. The van der Waals surface area contributed by atoms with E-state index in [2.05, 4.69) is 10.2 Å². The van der Waals surface area contributed by atoms with Gasteiger partial charge in [0.25, 0.3) is 0 Å². The van der Waals surface area contributed by atoms with Crippen molar-refractivity contribution in [1.82, 2.24) is 14.9 Å². The zero-order valence-corrected chi connectivity index (χ0v) is 9.48. The van der Waals surface area contributed by atoms with Crippen molar-refractivity contribution in [2.75, 3.05) is 11.6 Å². The van der Waals surface area contributed by atoms with Gasteiger partial charge >= 0.3 is 0 Å². The van der Waals surface area contributed by atoms with Crippen LogP contribution >= 0.6 is 0 Å². The molecule has 18 heavy (non-hydrogen) atoms. The Labute approximate surface area is 103 Å². The fourth-order valence-electron chi connectivity index (χ4n) is 1.61. The maximum Gasteiger partial charge on any atom is 0.240 e. The Bertz CT molecular complexity index is 567. The molecule has 8 N–H and O–H groups in total. The fourth-order valence-corrected chi connectivity index (χ4v) is 1.61. The lowest BCUT2D eigenvalue weighted by molar-refractivity contribution is 0.403. The number of hydrogen-bond acceptors (Lipinski definition) is 7. The molecule has 0 saturated carbocycles. The number of hydrogen-bond donors (Lipinski definition) is 5. The molecule has 8 heteroatoms. The first-order valence-electron chi connectivity index (χ1n) is 5.21. The fraction of sp³-hybridized carbons (Fsp3) is 0.200. The summed E-state index contributed by atoms with van der Waals surface area (Å²) in [6.45, 7) is 0. The number of benzene rings is 1. The van der Waals surface area contributed by atoms with Gasteiger partial charge in [-0.1, -0.05) is 6.07 Å². The third kappa shape index (κ3) is 2.13. The number of nitrogen functional groups attached to an aromatic ring is 2. The number of phenolic OH excluding ortho intramolecular Hbond substituents is 2. The largest absolute Gasteiger partial charge is 0.504 e. The number of aromatic nitrogens is 3. The van der Waals surface area contributed by atoms with Crippen molar-refractivity contribution in [3.8, 4) is 11.5 Å². The number of rotatable bonds is 3. The molecule has 0 spiro atoms. The predicted molar refractivity (Wildman–Crippen MR) is 65.0 cm³/mol. The normalized spacial score (nSPS) is 12.5. The maximum atomic E-state index is 9.37. The van der Waals surface area contributed by atoms with E-state index in [4.69, 9.17) is 17.3 Å². The summed E-state index contributed by atoms with van der Waals surface area (Å²) < 4.78 is 1.12. The molecule has 1 aromatic carbocycles. The lowest BCUT2D eigenvalue weighted by Gasteiger charge is -2.11. The van der Waals surface area contributed by atoms with Gasteiger partial charge in [-0.2, -0.15) is 0 Å². The number of nitrogens with two attached hydrogens (primary N) is 3. The highest BCUT2D eigenvalue weighted by Crippen LogP contribution is 2.26. The first kappa shape index (κ1) is 12.0. The third-order valence-electron chi connectivity index (χ3n) is 2.58. The highest BCUT2D eigenvalue weighted by atomic mass is 16.3. The smallest absolute Gasteiger partial charge is 0.240 e. The number of anilines is 1. The summed E-state index contributed by atoms with van der Waals surface area (Å²) in [7, 11) is 0. The minimum absolute atomic E-state index is 0.0778. The van der Waals surface area contributed by atoms with Crippen molar-refractivity contribution in [3.05, 3.63) is 29.6 Å². The number of aromatic hydroxyl groups is 2. The maximum absolute atomic E-state index is 9.37. The summed E-state index contributed by atoms with van der Waals surface area (Å²) in [6.07, 6.45) is 0.378. The molecule has 8 nitrogen and oxygen atoms in total. The van der Waals surface area contributed by atoms with Crippen LogP contribution in [0.25, 0.3) is 0 Å². The number of phenols is 2. The molecular formula is C10H14N6O2. The average molecular weight is 250 g/mol. The molecule has 1 aromatic heterocycles. The van der Waals surface area contributed by atoms with E-state index in [-0.39, 0.29) is 17.4 Å². The van der Waals surface area contributed by atoms with Gasteiger partial charge in [0.15, 0.2) is 17.3 Å². The summed E-state index contributed by atoms with van der Waals surface area (Å²) in [5.74, 6) is 5.65. The first-order valence-corrected chi connectivity index (χ1v) is 5.21. The standard InChI is InChI=1S/C10H14N6O2/c11-6(9-14-15-10(12)16(9)13)3-5-1-2-7(17)8(18)4-5/h1-2,4,6,17-18H,3,11,13H2,(H2,12,15). The summed E-state index contributed by atoms with van der Waals surface area (Å²) >= 11 is 0. The van der Waals surface area contributed by atoms with Crippen LogP contribution in [0.1, 0.15) is 17.4 Å². The molecule has 1 atom stereocenters. The van der Waals surface area contributed by atoms with Crippen LogP contribution in [-0.4, -0.2) is 25.1 Å². The van der Waals surface area contributed by atoms with Gasteiger partial charge in [-0.25, -0.2) is 4.68 Å². The molecule has 2 aromatic rings. The van der Waals surface area contributed by atoms with Gasteiger partial charge in [0.1, 0.15) is 0 Å². The van der Waals surface area contributed by atoms with E-state index in [9.17, 15) is 10.2 Å². The van der Waals surface area contributed by atoms with Crippen LogP contribution in [0.15, 0.2) is 18.2 Å². The van der Waals surface area contributed by atoms with E-state index in [0.29, 0.717) is 12.2 Å². The van der Waals surface area contributed by atoms with E-state index in [1.165, 1.54) is 12.1 Å². The van der Waals surface area contributed by atoms with Gasteiger partial charge in [0.05, 0.1) is 6.04 Å². The van der Waals surface area contributed by atoms with Gasteiger partial charge in [-0.05, 0) is 24.1 Å². The van der Waals surface area contributed by atoms with Crippen molar-refractivity contribution in [2.24, 2.45) is 5.73 Å². The molecule has 0 saturated heterocycles. The van der Waals surface area contributed by atoms with Crippen LogP contribution in [-0.2, 0) is 6.42 Å². The lowest BCUT2D eigenvalue weighted by Crippen LogP contribution is -2.23. The SMILES string of the molecule is Nc1nnc(C(N)Cc2ccc(O)c(O)c2)n1N. The van der Waals surface area contributed by atoms with Crippen molar-refractivity contribution in [2.45, 2.75) is 12.5 Å². The molecule has 0 radical (unpaired) electrons. The quantitative estimate of drug-likeness (QED) is 0.354. The van der Waals surface area contributed by atoms with Crippen molar-refractivity contribution in [3.63, 3.8) is 0 Å². The van der Waals surface area contributed by atoms with Gasteiger partial charge < -0.3 is 27.5 Å². The second-order valence-electron chi connectivity index (χ2n) is 3.92. The van der Waals surface area contributed by atoms with Crippen molar-refractivity contribution in [1.29, 1.82) is 0 Å². The molecule has 96 valence electrons. The Morgan fingerprint density at radius 1 is 1.22 bits per heavy atom. The molecule has 1 unspecified atom stereocenters. The summed E-state index contributed by atoms with van der Waals surface area (Å²) in [6, 6.07) is 3.95. The molecule has 0 aliphatic heterocycles. The summed E-state index contributed by atoms with van der Waals surface area (Å²) in [4.78, 5) is 0. The van der Waals surface area contributed by atoms with E-state index >= 15 is 0 Å². The first-order chi connectivity index (χ1) is 8.49. The summed E-state index contributed by atoms with van der Waals surface area (Å²) in [5, 5.41) is 26.0. The molecule has 0 fully saturated rings. The Balaban J connectivity index is 2.18. The van der Waals surface area contributed by atoms with Gasteiger partial charge in [-0.3, -0.25) is 0 Å². The minimum atomic E-state index is -0.510. The van der Waals surface area contributed by atoms with E-state index in [1.54, 1.807) is 6.07 Å². The molecule has 0 bridgehead atoms. The topological polar surface area (TPSA) is 149 Å². The highest BCUT2D eigenvalue weighted by Gasteiger charge is 2.16. The van der Waals surface area contributed by atoms with Crippen LogP contribution in [0.3, 0.4) is 0 Å². The third-order valence-corrected chi connectivity index (χ3v) is 2.58. The predicted octanol–water partition coefficient (Wildman–Crippen LogP) is -0.772. The molecule has 0 aliphatic carbocycles. The Hall–Kier alpha value is -2.48. The zero-order valence-electron chi connectivity index (χ0n) is 9.48. The summed E-state index contributed by atoms with van der Waals surface area (Å²) in [5.41, 5.74) is 12.1. The van der Waals surface area contributed by atoms with Crippen LogP contribution in [0.2, 0.25) is 0 Å². The average Bonchev–Trinajstić information content (AvgIpc) is 2.65. The van der Waals surface area contributed by atoms with Crippen LogP contribution in [0, 0.1) is 0 Å². The molecule has 0 aliphatic rings. The van der Waals surface area contributed by atoms with Crippen LogP contribution < -0.4 is 17.3 Å². The lowest BCUT2D eigenvalue weighted by atomic mass is 10.1. The number of nitrogens with zero attached hydrogens (tertiary/aromatic N) is 3. The van der Waals surface area contributed by atoms with E-state index < -0.39 is 6.04 Å². The second-order valence-corrected chi connectivity index (χ2v) is 3.92. The van der Waals surface area contributed by atoms with E-state index in [1.807, 2.05) is 0 Å².